The highest BCUT2D eigenvalue weighted by molar-refractivity contribution is 8.00. The van der Waals surface area contributed by atoms with Gasteiger partial charge in [-0.15, -0.1) is 0 Å². The van der Waals surface area contributed by atoms with Crippen molar-refractivity contribution in [3.63, 3.8) is 0 Å². The Hall–Kier alpha value is -3.30. The van der Waals surface area contributed by atoms with Crippen LogP contribution < -0.4 is 14.5 Å². The minimum Gasteiger partial charge on any atom is -0.489 e. The first-order valence-corrected chi connectivity index (χ1v) is 13.3. The molecule has 9 heteroatoms. The van der Waals surface area contributed by atoms with E-state index in [-0.39, 0.29) is 11.0 Å². The molecule has 1 aliphatic rings. The zero-order chi connectivity index (χ0) is 24.1. The largest absolute Gasteiger partial charge is 0.489 e. The van der Waals surface area contributed by atoms with Gasteiger partial charge in [0.25, 0.3) is 15.9 Å². The molecule has 1 saturated heterocycles. The molecule has 34 heavy (non-hydrogen) atoms. The van der Waals surface area contributed by atoms with Crippen LogP contribution in [0.25, 0.3) is 0 Å². The summed E-state index contributed by atoms with van der Waals surface area (Å²) in [5.41, 5.74) is 5.11. The molecule has 7 nitrogen and oxygen atoms in total. The van der Waals surface area contributed by atoms with Crippen LogP contribution in [0.3, 0.4) is 0 Å². The Bertz CT molecular complexity index is 1270. The Kier molecular flexibility index (Phi) is 7.23. The zero-order valence-corrected chi connectivity index (χ0v) is 20.5. The molecule has 0 bridgehead atoms. The number of amides is 1. The minimum absolute atomic E-state index is 0.207. The molecule has 0 saturated carbocycles. The van der Waals surface area contributed by atoms with Crippen LogP contribution in [0, 0.1) is 6.92 Å². The van der Waals surface area contributed by atoms with E-state index >= 15 is 0 Å². The number of anilines is 1. The van der Waals surface area contributed by atoms with Crippen LogP contribution in [-0.2, 0) is 10.0 Å². The van der Waals surface area contributed by atoms with Crippen molar-refractivity contribution in [1.29, 1.82) is 0 Å². The Balaban J connectivity index is 1.34. The second kappa shape index (κ2) is 10.3. The summed E-state index contributed by atoms with van der Waals surface area (Å²) in [5.74, 6) is 2.47. The van der Waals surface area contributed by atoms with Crippen molar-refractivity contribution in [1.82, 2.24) is 5.43 Å². The number of nitrogens with zero attached hydrogens (tertiary/aromatic N) is 2. The van der Waals surface area contributed by atoms with E-state index in [2.05, 4.69) is 10.5 Å². The molecule has 0 aliphatic carbocycles. The lowest BCUT2D eigenvalue weighted by Gasteiger charge is -2.25. The highest BCUT2D eigenvalue weighted by Gasteiger charge is 2.21. The molecular weight excluding hydrogens is 470 g/mol. The van der Waals surface area contributed by atoms with E-state index in [1.807, 2.05) is 43.0 Å². The number of aryl methyl sites for hydroxylation is 1. The molecule has 0 atom stereocenters. The van der Waals surface area contributed by atoms with Gasteiger partial charge in [-0.2, -0.15) is 16.9 Å². The van der Waals surface area contributed by atoms with E-state index in [1.165, 1.54) is 11.4 Å². The number of carbonyl (C=O) groups excluding carboxylic acids is 1. The molecule has 0 aromatic heterocycles. The number of hydrogen-bond donors (Lipinski definition) is 1. The second-order valence-electron chi connectivity index (χ2n) is 7.88. The van der Waals surface area contributed by atoms with Gasteiger partial charge >= 0.3 is 0 Å². The highest BCUT2D eigenvalue weighted by Crippen LogP contribution is 2.24. The number of hydrogen-bond acceptors (Lipinski definition) is 6. The molecule has 4 rings (SSSR count). The monoisotopic (exact) mass is 495 g/mol. The van der Waals surface area contributed by atoms with Gasteiger partial charge in [-0.25, -0.2) is 13.8 Å². The van der Waals surface area contributed by atoms with Gasteiger partial charge in [0, 0.05) is 24.1 Å². The van der Waals surface area contributed by atoms with Crippen molar-refractivity contribution < 1.29 is 17.9 Å². The molecule has 176 valence electrons. The van der Waals surface area contributed by atoms with E-state index < -0.39 is 15.9 Å². The van der Waals surface area contributed by atoms with Gasteiger partial charge in [0.2, 0.25) is 0 Å². The normalized spacial score (nSPS) is 13.9. The van der Waals surface area contributed by atoms with Crippen LogP contribution >= 0.6 is 11.8 Å². The standard InChI is InChI=1S/C25H25N3O4S2/c1-18-3-13-24(14-4-18)34(30,31)28(2)21-9-7-20(8-10-21)25(29)27-26-15-19-5-11-22(12-6-19)32-23-16-33-17-23/h3-15,23H,16-17H2,1-2H3,(H,27,29)/b26-15-. The quantitative estimate of drug-likeness (QED) is 0.376. The Morgan fingerprint density at radius 1 is 1.03 bits per heavy atom. The first-order valence-electron chi connectivity index (χ1n) is 10.7. The predicted octanol–water partition coefficient (Wildman–Crippen LogP) is 4.08. The summed E-state index contributed by atoms with van der Waals surface area (Å²) in [5, 5.41) is 4.00. The maximum absolute atomic E-state index is 12.8. The van der Waals surface area contributed by atoms with Crippen LogP contribution in [0.1, 0.15) is 21.5 Å². The molecule has 1 amide bonds. The number of carbonyl (C=O) groups is 1. The number of thioether (sulfide) groups is 1. The topological polar surface area (TPSA) is 88.1 Å². The van der Waals surface area contributed by atoms with Crippen molar-refractivity contribution in [2.75, 3.05) is 22.9 Å². The maximum atomic E-state index is 12.8. The third-order valence-electron chi connectivity index (χ3n) is 5.34. The lowest BCUT2D eigenvalue weighted by Crippen LogP contribution is -2.30. The van der Waals surface area contributed by atoms with Gasteiger partial charge < -0.3 is 4.74 Å². The molecule has 1 heterocycles. The smallest absolute Gasteiger partial charge is 0.271 e. The summed E-state index contributed by atoms with van der Waals surface area (Å²) in [6, 6.07) is 20.5. The fourth-order valence-corrected chi connectivity index (χ4v) is 4.93. The molecule has 0 unspecified atom stereocenters. The van der Waals surface area contributed by atoms with Gasteiger partial charge in [-0.05, 0) is 73.2 Å². The summed E-state index contributed by atoms with van der Waals surface area (Å²) < 4.78 is 32.7. The number of ether oxygens (including phenoxy) is 1. The Labute approximate surface area is 203 Å². The molecule has 3 aromatic carbocycles. The van der Waals surface area contributed by atoms with Crippen LogP contribution in [0.2, 0.25) is 0 Å². The van der Waals surface area contributed by atoms with Gasteiger partial charge in [0.05, 0.1) is 16.8 Å². The third-order valence-corrected chi connectivity index (χ3v) is 8.36. The number of sulfonamides is 1. The van der Waals surface area contributed by atoms with Gasteiger partial charge in [0.1, 0.15) is 11.9 Å². The fraction of sp³-hybridized carbons (Fsp3) is 0.200. The molecular formula is C25H25N3O4S2. The molecule has 1 aliphatic heterocycles. The SMILES string of the molecule is Cc1ccc(S(=O)(=O)N(C)c2ccc(C(=O)N/N=C\c3ccc(OC4CSC4)cc3)cc2)cc1. The van der Waals surface area contributed by atoms with Crippen molar-refractivity contribution in [2.24, 2.45) is 5.10 Å². The molecule has 0 radical (unpaired) electrons. The van der Waals surface area contributed by atoms with Crippen molar-refractivity contribution in [3.8, 4) is 5.75 Å². The Morgan fingerprint density at radius 2 is 1.68 bits per heavy atom. The van der Waals surface area contributed by atoms with E-state index in [1.54, 1.807) is 54.7 Å². The minimum atomic E-state index is -3.70. The zero-order valence-electron chi connectivity index (χ0n) is 18.8. The third kappa shape index (κ3) is 5.60. The molecule has 1 N–H and O–H groups in total. The van der Waals surface area contributed by atoms with Crippen LogP contribution in [0.15, 0.2) is 82.8 Å². The Morgan fingerprint density at radius 3 is 2.26 bits per heavy atom. The maximum Gasteiger partial charge on any atom is 0.271 e. The molecule has 0 spiro atoms. The highest BCUT2D eigenvalue weighted by atomic mass is 32.2. The number of benzene rings is 3. The second-order valence-corrected chi connectivity index (χ2v) is 10.9. The first-order chi connectivity index (χ1) is 16.3. The van der Waals surface area contributed by atoms with E-state index in [0.717, 1.165) is 28.4 Å². The fourth-order valence-electron chi connectivity index (χ4n) is 3.17. The summed E-state index contributed by atoms with van der Waals surface area (Å²) in [4.78, 5) is 12.6. The lowest BCUT2D eigenvalue weighted by atomic mass is 10.2. The van der Waals surface area contributed by atoms with E-state index in [9.17, 15) is 13.2 Å². The van der Waals surface area contributed by atoms with Crippen molar-refractivity contribution in [3.05, 3.63) is 89.5 Å². The molecule has 1 fully saturated rings. The predicted molar refractivity (Wildman–Crippen MR) is 136 cm³/mol. The summed E-state index contributed by atoms with van der Waals surface area (Å²) in [7, 11) is -2.21. The number of hydrazone groups is 1. The van der Waals surface area contributed by atoms with Crippen molar-refractivity contribution in [2.45, 2.75) is 17.9 Å². The number of nitrogens with one attached hydrogen (secondary N) is 1. The van der Waals surface area contributed by atoms with Gasteiger partial charge in [0.15, 0.2) is 0 Å². The number of rotatable bonds is 8. The molecule has 3 aromatic rings. The van der Waals surface area contributed by atoms with Gasteiger partial charge in [-0.3, -0.25) is 9.10 Å². The van der Waals surface area contributed by atoms with E-state index in [0.29, 0.717) is 11.3 Å². The van der Waals surface area contributed by atoms with Crippen LogP contribution in [0.4, 0.5) is 5.69 Å². The average Bonchev–Trinajstić information content (AvgIpc) is 2.82. The van der Waals surface area contributed by atoms with Crippen LogP contribution in [0.5, 0.6) is 5.75 Å². The summed E-state index contributed by atoms with van der Waals surface area (Å²) >= 11 is 1.87. The lowest BCUT2D eigenvalue weighted by molar-refractivity contribution is 0.0955. The average molecular weight is 496 g/mol. The van der Waals surface area contributed by atoms with Crippen molar-refractivity contribution >= 4 is 39.6 Å². The van der Waals surface area contributed by atoms with Crippen LogP contribution in [-0.4, -0.2) is 45.2 Å². The first kappa shape index (κ1) is 23.8. The van der Waals surface area contributed by atoms with Gasteiger partial charge in [-0.1, -0.05) is 17.7 Å². The van der Waals surface area contributed by atoms with E-state index in [4.69, 9.17) is 4.74 Å². The summed E-state index contributed by atoms with van der Waals surface area (Å²) in [6.45, 7) is 1.90. The summed E-state index contributed by atoms with van der Waals surface area (Å²) in [6.07, 6.45) is 1.84.